The Morgan fingerprint density at radius 1 is 1.26 bits per heavy atom. The lowest BCUT2D eigenvalue weighted by molar-refractivity contribution is 0.0657. The average molecular weight is 330 g/mol. The molecule has 1 N–H and O–H groups in total. The third-order valence-corrected chi connectivity index (χ3v) is 3.53. The van der Waals surface area contributed by atoms with E-state index in [0.29, 0.717) is 12.6 Å². The molecule has 0 saturated heterocycles. The molecule has 2 unspecified atom stereocenters. The molecule has 1 aromatic rings. The van der Waals surface area contributed by atoms with Gasteiger partial charge < -0.3 is 14.8 Å². The van der Waals surface area contributed by atoms with Gasteiger partial charge in [-0.05, 0) is 45.0 Å². The number of halogens is 1. The molecule has 0 saturated carbocycles. The molecule has 19 heavy (non-hydrogen) atoms. The van der Waals surface area contributed by atoms with Crippen LogP contribution in [0, 0.1) is 0 Å². The molecule has 2 atom stereocenters. The van der Waals surface area contributed by atoms with E-state index in [-0.39, 0.29) is 6.10 Å². The van der Waals surface area contributed by atoms with Crippen molar-refractivity contribution in [1.29, 1.82) is 0 Å². The molecule has 108 valence electrons. The van der Waals surface area contributed by atoms with Crippen LogP contribution in [0.4, 0.5) is 0 Å². The van der Waals surface area contributed by atoms with Gasteiger partial charge in [0.2, 0.25) is 0 Å². The van der Waals surface area contributed by atoms with E-state index in [9.17, 15) is 0 Å². The predicted molar refractivity (Wildman–Crippen MR) is 82.8 cm³/mol. The van der Waals surface area contributed by atoms with Crippen molar-refractivity contribution in [3.63, 3.8) is 0 Å². The van der Waals surface area contributed by atoms with Gasteiger partial charge >= 0.3 is 0 Å². The molecular formula is C15H24BrNO2. The Labute approximate surface area is 124 Å². The summed E-state index contributed by atoms with van der Waals surface area (Å²) in [6.45, 7) is 10.6. The fraction of sp³-hybridized carbons (Fsp3) is 0.600. The van der Waals surface area contributed by atoms with Crippen molar-refractivity contribution in [3.8, 4) is 5.75 Å². The van der Waals surface area contributed by atoms with Crippen LogP contribution in [0.25, 0.3) is 0 Å². The maximum absolute atomic E-state index is 5.82. The zero-order chi connectivity index (χ0) is 14.3. The minimum absolute atomic E-state index is 0.0592. The average Bonchev–Trinajstić information content (AvgIpc) is 2.36. The predicted octanol–water partition coefficient (Wildman–Crippen LogP) is 3.92. The molecular weight excluding hydrogens is 306 g/mol. The summed E-state index contributed by atoms with van der Waals surface area (Å²) in [7, 11) is 0. The van der Waals surface area contributed by atoms with E-state index >= 15 is 0 Å². The molecule has 0 bridgehead atoms. The molecule has 1 aromatic carbocycles. The number of nitrogens with one attached hydrogen (secondary N) is 1. The summed E-state index contributed by atoms with van der Waals surface area (Å²) in [6, 6.07) is 6.46. The number of ether oxygens (including phenoxy) is 2. The van der Waals surface area contributed by atoms with E-state index in [1.54, 1.807) is 0 Å². The van der Waals surface area contributed by atoms with Crippen LogP contribution in [0.15, 0.2) is 22.7 Å². The lowest BCUT2D eigenvalue weighted by atomic mass is 10.1. The van der Waals surface area contributed by atoms with Crippen molar-refractivity contribution in [2.45, 2.75) is 39.8 Å². The van der Waals surface area contributed by atoms with Gasteiger partial charge in [-0.1, -0.05) is 28.9 Å². The van der Waals surface area contributed by atoms with Crippen LogP contribution in [0.3, 0.4) is 0 Å². The maximum Gasteiger partial charge on any atom is 0.120 e. The molecule has 1 rings (SSSR count). The van der Waals surface area contributed by atoms with Gasteiger partial charge in [-0.3, -0.25) is 0 Å². The molecule has 0 aliphatic heterocycles. The Morgan fingerprint density at radius 2 is 2.00 bits per heavy atom. The zero-order valence-electron chi connectivity index (χ0n) is 12.2. The van der Waals surface area contributed by atoms with Gasteiger partial charge in [0.05, 0.1) is 6.61 Å². The second kappa shape index (κ2) is 8.56. The first-order valence-corrected chi connectivity index (χ1v) is 7.65. The Kier molecular flexibility index (Phi) is 7.42. The Bertz CT molecular complexity index is 384. The fourth-order valence-electron chi connectivity index (χ4n) is 1.90. The molecule has 4 heteroatoms. The van der Waals surface area contributed by atoms with E-state index in [1.807, 2.05) is 26.0 Å². The first-order valence-electron chi connectivity index (χ1n) is 6.85. The largest absolute Gasteiger partial charge is 0.488 e. The van der Waals surface area contributed by atoms with Gasteiger partial charge in [-0.15, -0.1) is 0 Å². The Balaban J connectivity index is 2.65. The summed E-state index contributed by atoms with van der Waals surface area (Å²) in [5.74, 6) is 0.867. The molecule has 0 aliphatic rings. The summed E-state index contributed by atoms with van der Waals surface area (Å²) < 4.78 is 12.2. The molecule has 0 aromatic heterocycles. The summed E-state index contributed by atoms with van der Waals surface area (Å²) in [5.41, 5.74) is 1.24. The lowest BCUT2D eigenvalue weighted by Gasteiger charge is -2.18. The maximum atomic E-state index is 5.82. The summed E-state index contributed by atoms with van der Waals surface area (Å²) in [6.07, 6.45) is 0.0592. The van der Waals surface area contributed by atoms with Gasteiger partial charge in [-0.25, -0.2) is 0 Å². The number of rotatable bonds is 8. The highest BCUT2D eigenvalue weighted by atomic mass is 79.9. The zero-order valence-corrected chi connectivity index (χ0v) is 13.8. The highest BCUT2D eigenvalue weighted by Crippen LogP contribution is 2.28. The first-order chi connectivity index (χ1) is 9.08. The molecule has 0 aliphatic carbocycles. The number of hydrogen-bond acceptors (Lipinski definition) is 3. The monoisotopic (exact) mass is 329 g/mol. The van der Waals surface area contributed by atoms with Crippen molar-refractivity contribution >= 4 is 15.9 Å². The van der Waals surface area contributed by atoms with Crippen LogP contribution in [-0.2, 0) is 4.74 Å². The molecule has 0 amide bonds. The summed E-state index contributed by atoms with van der Waals surface area (Å²) in [4.78, 5) is 0. The van der Waals surface area contributed by atoms with Crippen molar-refractivity contribution in [3.05, 3.63) is 28.2 Å². The highest BCUT2D eigenvalue weighted by molar-refractivity contribution is 9.10. The molecule has 0 heterocycles. The van der Waals surface area contributed by atoms with E-state index in [0.717, 1.165) is 23.4 Å². The molecule has 0 spiro atoms. The second-order valence-electron chi connectivity index (χ2n) is 4.55. The lowest BCUT2D eigenvalue weighted by Crippen LogP contribution is -2.20. The van der Waals surface area contributed by atoms with Crippen LogP contribution in [-0.4, -0.2) is 25.9 Å². The minimum Gasteiger partial charge on any atom is -0.488 e. The van der Waals surface area contributed by atoms with Crippen molar-refractivity contribution < 1.29 is 9.47 Å². The van der Waals surface area contributed by atoms with Crippen molar-refractivity contribution in [1.82, 2.24) is 5.32 Å². The van der Waals surface area contributed by atoms with E-state index in [2.05, 4.69) is 41.2 Å². The Hall–Kier alpha value is -0.580. The summed E-state index contributed by atoms with van der Waals surface area (Å²) in [5, 5.41) is 3.40. The van der Waals surface area contributed by atoms with Crippen LogP contribution < -0.4 is 10.1 Å². The topological polar surface area (TPSA) is 30.5 Å². The molecule has 0 radical (unpaired) electrons. The van der Waals surface area contributed by atoms with Crippen molar-refractivity contribution in [2.24, 2.45) is 0 Å². The minimum atomic E-state index is 0.0592. The summed E-state index contributed by atoms with van der Waals surface area (Å²) >= 11 is 3.61. The van der Waals surface area contributed by atoms with Crippen LogP contribution in [0.2, 0.25) is 0 Å². The van der Waals surface area contributed by atoms with E-state index in [1.165, 1.54) is 5.56 Å². The van der Waals surface area contributed by atoms with Gasteiger partial charge in [0.25, 0.3) is 0 Å². The Morgan fingerprint density at radius 3 is 2.58 bits per heavy atom. The van der Waals surface area contributed by atoms with Gasteiger partial charge in [-0.2, -0.15) is 0 Å². The van der Waals surface area contributed by atoms with Gasteiger partial charge in [0.1, 0.15) is 11.9 Å². The normalized spacial score (nSPS) is 14.2. The second-order valence-corrected chi connectivity index (χ2v) is 5.40. The van der Waals surface area contributed by atoms with Crippen molar-refractivity contribution in [2.75, 3.05) is 19.8 Å². The molecule has 0 fully saturated rings. The fourth-order valence-corrected chi connectivity index (χ4v) is 2.60. The van der Waals surface area contributed by atoms with E-state index < -0.39 is 0 Å². The third-order valence-electron chi connectivity index (χ3n) is 2.84. The quantitative estimate of drug-likeness (QED) is 0.784. The smallest absolute Gasteiger partial charge is 0.120 e. The van der Waals surface area contributed by atoms with E-state index in [4.69, 9.17) is 9.47 Å². The highest BCUT2D eigenvalue weighted by Gasteiger charge is 2.10. The number of benzene rings is 1. The van der Waals surface area contributed by atoms with Gasteiger partial charge in [0, 0.05) is 17.1 Å². The van der Waals surface area contributed by atoms with Crippen LogP contribution in [0.5, 0.6) is 5.75 Å². The third kappa shape index (κ3) is 5.51. The number of hydrogen-bond donors (Lipinski definition) is 1. The standard InChI is InChI=1S/C15H24BrNO2/c1-5-17-12(4)14-8-7-13(9-15(14)16)19-11(3)10-18-6-2/h7-9,11-12,17H,5-6,10H2,1-4H3. The van der Waals surface area contributed by atoms with Gasteiger partial charge in [0.15, 0.2) is 0 Å². The SMILES string of the molecule is CCNC(C)c1ccc(OC(C)COCC)cc1Br. The van der Waals surface area contributed by atoms with Crippen LogP contribution in [0.1, 0.15) is 39.3 Å². The molecule has 3 nitrogen and oxygen atoms in total. The first kappa shape index (κ1) is 16.5. The van der Waals surface area contributed by atoms with Crippen LogP contribution >= 0.6 is 15.9 Å².